The van der Waals surface area contributed by atoms with E-state index in [4.69, 9.17) is 26.2 Å². The van der Waals surface area contributed by atoms with Crippen molar-refractivity contribution in [3.05, 3.63) is 94.5 Å². The number of ether oxygens (including phenoxy) is 2. The van der Waals surface area contributed by atoms with E-state index in [-0.39, 0.29) is 18.7 Å². The van der Waals surface area contributed by atoms with E-state index >= 15 is 0 Å². The third-order valence-electron chi connectivity index (χ3n) is 5.10. The molecule has 5 rings (SSSR count). The van der Waals surface area contributed by atoms with Gasteiger partial charge >= 0.3 is 0 Å². The highest BCUT2D eigenvalue weighted by Crippen LogP contribution is 2.39. The molecule has 0 bridgehead atoms. The number of carbonyl (C=O) groups excluding carboxylic acids is 1. The number of amides is 1. The summed E-state index contributed by atoms with van der Waals surface area (Å²) in [6, 6.07) is 22.3. The summed E-state index contributed by atoms with van der Waals surface area (Å²) in [5.41, 5.74) is 3.37. The van der Waals surface area contributed by atoms with Crippen molar-refractivity contribution >= 4 is 23.2 Å². The molecule has 2 aliphatic rings. The Labute approximate surface area is 173 Å². The Bertz CT molecular complexity index is 1100. The zero-order valence-corrected chi connectivity index (χ0v) is 16.2. The lowest BCUT2D eigenvalue weighted by molar-refractivity contribution is 0.0711. The molecule has 0 saturated carbocycles. The molecule has 0 spiro atoms. The fourth-order valence-electron chi connectivity index (χ4n) is 3.61. The third-order valence-corrected chi connectivity index (χ3v) is 5.35. The van der Waals surface area contributed by atoms with Crippen molar-refractivity contribution < 1.29 is 14.3 Å². The molecule has 0 saturated heterocycles. The van der Waals surface area contributed by atoms with Crippen LogP contribution in [0.2, 0.25) is 5.02 Å². The van der Waals surface area contributed by atoms with Crippen LogP contribution < -0.4 is 9.47 Å². The van der Waals surface area contributed by atoms with Gasteiger partial charge in [0.25, 0.3) is 5.91 Å². The first-order valence-corrected chi connectivity index (χ1v) is 9.68. The Hall–Kier alpha value is -3.31. The van der Waals surface area contributed by atoms with Crippen LogP contribution in [0.4, 0.5) is 0 Å². The third kappa shape index (κ3) is 3.34. The Morgan fingerprint density at radius 3 is 2.52 bits per heavy atom. The van der Waals surface area contributed by atoms with Crippen LogP contribution in [0.15, 0.2) is 77.9 Å². The molecule has 29 heavy (non-hydrogen) atoms. The van der Waals surface area contributed by atoms with E-state index in [0.29, 0.717) is 28.5 Å². The van der Waals surface area contributed by atoms with Crippen molar-refractivity contribution in [1.82, 2.24) is 5.01 Å². The molecule has 0 fully saturated rings. The van der Waals surface area contributed by atoms with E-state index in [1.54, 1.807) is 29.3 Å². The molecule has 2 heterocycles. The molecule has 1 amide bonds. The second-order valence-corrected chi connectivity index (χ2v) is 7.34. The van der Waals surface area contributed by atoms with Gasteiger partial charge in [-0.05, 0) is 47.5 Å². The average Bonchev–Trinajstić information content (AvgIpc) is 3.41. The fraction of sp³-hybridized carbons (Fsp3) is 0.130. The molecular weight excluding hydrogens is 388 g/mol. The van der Waals surface area contributed by atoms with Gasteiger partial charge < -0.3 is 9.47 Å². The van der Waals surface area contributed by atoms with Crippen molar-refractivity contribution in [1.29, 1.82) is 0 Å². The number of fused-ring (bicyclic) bond motifs is 1. The summed E-state index contributed by atoms with van der Waals surface area (Å²) in [5, 5.41) is 6.85. The Balaban J connectivity index is 1.53. The maximum atomic E-state index is 13.3. The molecule has 3 aromatic rings. The quantitative estimate of drug-likeness (QED) is 0.613. The van der Waals surface area contributed by atoms with Crippen LogP contribution in [0.3, 0.4) is 0 Å². The smallest absolute Gasteiger partial charge is 0.274 e. The van der Waals surface area contributed by atoms with E-state index in [1.807, 2.05) is 48.5 Å². The van der Waals surface area contributed by atoms with Crippen molar-refractivity contribution in [2.24, 2.45) is 5.10 Å². The van der Waals surface area contributed by atoms with Gasteiger partial charge in [-0.1, -0.05) is 48.0 Å². The molecule has 6 heteroatoms. The summed E-state index contributed by atoms with van der Waals surface area (Å²) in [7, 11) is 0. The summed E-state index contributed by atoms with van der Waals surface area (Å²) in [6.07, 6.45) is 0.614. The number of carbonyl (C=O) groups is 1. The summed E-state index contributed by atoms with van der Waals surface area (Å²) in [4.78, 5) is 13.3. The average molecular weight is 405 g/mol. The zero-order chi connectivity index (χ0) is 19.8. The zero-order valence-electron chi connectivity index (χ0n) is 15.4. The molecule has 144 valence electrons. The first-order valence-electron chi connectivity index (χ1n) is 9.30. The second kappa shape index (κ2) is 7.26. The second-order valence-electron chi connectivity index (χ2n) is 6.90. The normalized spacial score (nSPS) is 17.3. The minimum atomic E-state index is -0.233. The molecule has 0 aliphatic carbocycles. The van der Waals surface area contributed by atoms with Gasteiger partial charge in [-0.3, -0.25) is 4.79 Å². The lowest BCUT2D eigenvalue weighted by Crippen LogP contribution is -2.27. The predicted octanol–water partition coefficient (Wildman–Crippen LogP) is 5.06. The molecule has 5 nitrogen and oxygen atoms in total. The SMILES string of the molecule is O=C(c1ccc(Cl)cc1)N1N=C(c2ccccc2)CC1c1ccc2c(c1)OCO2. The fourth-order valence-corrected chi connectivity index (χ4v) is 3.73. The maximum absolute atomic E-state index is 13.3. The number of nitrogens with zero attached hydrogens (tertiary/aromatic N) is 2. The van der Waals surface area contributed by atoms with Crippen molar-refractivity contribution in [2.75, 3.05) is 6.79 Å². The molecule has 0 aromatic heterocycles. The van der Waals surface area contributed by atoms with Gasteiger partial charge in [-0.15, -0.1) is 0 Å². The molecule has 1 atom stereocenters. The molecule has 3 aromatic carbocycles. The number of hydrogen-bond acceptors (Lipinski definition) is 4. The van der Waals surface area contributed by atoms with Gasteiger partial charge in [-0.2, -0.15) is 5.10 Å². The van der Waals surface area contributed by atoms with Gasteiger partial charge in [0.2, 0.25) is 6.79 Å². The minimum Gasteiger partial charge on any atom is -0.454 e. The molecular formula is C23H17ClN2O3. The van der Waals surface area contributed by atoms with Crippen LogP contribution in [-0.4, -0.2) is 23.4 Å². The van der Waals surface area contributed by atoms with Crippen LogP contribution in [0.1, 0.15) is 33.9 Å². The van der Waals surface area contributed by atoms with Crippen LogP contribution in [0.25, 0.3) is 0 Å². The highest BCUT2D eigenvalue weighted by atomic mass is 35.5. The highest BCUT2D eigenvalue weighted by Gasteiger charge is 2.34. The summed E-state index contributed by atoms with van der Waals surface area (Å²) >= 11 is 5.98. The van der Waals surface area contributed by atoms with Gasteiger partial charge in [0.05, 0.1) is 11.8 Å². The van der Waals surface area contributed by atoms with Crippen LogP contribution in [0, 0.1) is 0 Å². The van der Waals surface area contributed by atoms with Gasteiger partial charge in [0.1, 0.15) is 0 Å². The van der Waals surface area contributed by atoms with Gasteiger partial charge in [0.15, 0.2) is 11.5 Å². The Kier molecular flexibility index (Phi) is 4.45. The van der Waals surface area contributed by atoms with Crippen molar-refractivity contribution in [2.45, 2.75) is 12.5 Å². The lowest BCUT2D eigenvalue weighted by atomic mass is 9.97. The Morgan fingerprint density at radius 1 is 0.966 bits per heavy atom. The summed E-state index contributed by atoms with van der Waals surface area (Å²) in [6.45, 7) is 0.211. The summed E-state index contributed by atoms with van der Waals surface area (Å²) < 4.78 is 10.9. The number of hydrazone groups is 1. The monoisotopic (exact) mass is 404 g/mol. The van der Waals surface area contributed by atoms with E-state index in [9.17, 15) is 4.79 Å². The van der Waals surface area contributed by atoms with E-state index < -0.39 is 0 Å². The number of hydrogen-bond donors (Lipinski definition) is 0. The number of halogens is 1. The standard InChI is InChI=1S/C23H17ClN2O3/c24-18-9-6-16(7-10-18)23(27)26-20(13-19(25-26)15-4-2-1-3-5-15)17-8-11-21-22(12-17)29-14-28-21/h1-12,20H,13-14H2. The lowest BCUT2D eigenvalue weighted by Gasteiger charge is -2.22. The van der Waals surface area contributed by atoms with E-state index in [2.05, 4.69) is 0 Å². The van der Waals surface area contributed by atoms with E-state index in [1.165, 1.54) is 0 Å². The first-order chi connectivity index (χ1) is 14.2. The van der Waals surface area contributed by atoms with Crippen LogP contribution in [0.5, 0.6) is 11.5 Å². The van der Waals surface area contributed by atoms with Crippen molar-refractivity contribution in [3.63, 3.8) is 0 Å². The predicted molar refractivity (Wildman–Crippen MR) is 111 cm³/mol. The number of benzene rings is 3. The first kappa shape index (κ1) is 17.8. The highest BCUT2D eigenvalue weighted by molar-refractivity contribution is 6.30. The van der Waals surface area contributed by atoms with Crippen molar-refractivity contribution in [3.8, 4) is 11.5 Å². The molecule has 2 aliphatic heterocycles. The summed E-state index contributed by atoms with van der Waals surface area (Å²) in [5.74, 6) is 1.23. The topological polar surface area (TPSA) is 51.1 Å². The van der Waals surface area contributed by atoms with Gasteiger partial charge in [0, 0.05) is 17.0 Å². The Morgan fingerprint density at radius 2 is 1.72 bits per heavy atom. The molecule has 0 radical (unpaired) electrons. The van der Waals surface area contributed by atoms with Gasteiger partial charge in [-0.25, -0.2) is 5.01 Å². The largest absolute Gasteiger partial charge is 0.454 e. The minimum absolute atomic E-state index is 0.171. The van der Waals surface area contributed by atoms with Crippen LogP contribution >= 0.6 is 11.6 Å². The van der Waals surface area contributed by atoms with Crippen LogP contribution in [-0.2, 0) is 0 Å². The van der Waals surface area contributed by atoms with E-state index in [0.717, 1.165) is 16.8 Å². The molecule has 1 unspecified atom stereocenters. The maximum Gasteiger partial charge on any atom is 0.274 e. The number of rotatable bonds is 3. The molecule has 0 N–H and O–H groups in total.